The molecule has 0 radical (unpaired) electrons. The molecular formula is C13H13NO2S. The summed E-state index contributed by atoms with van der Waals surface area (Å²) < 4.78 is 5.60. The van der Waals surface area contributed by atoms with Gasteiger partial charge in [0.25, 0.3) is 0 Å². The van der Waals surface area contributed by atoms with Crippen molar-refractivity contribution in [1.82, 2.24) is 4.98 Å². The minimum atomic E-state index is 0.397. The summed E-state index contributed by atoms with van der Waals surface area (Å²) in [4.78, 5) is 15.2. The Labute approximate surface area is 104 Å². The molecule has 0 saturated carbocycles. The van der Waals surface area contributed by atoms with Crippen LogP contribution in [0.15, 0.2) is 23.6 Å². The first-order chi connectivity index (χ1) is 8.19. The normalized spacial score (nSPS) is 10.2. The molecule has 1 heterocycles. The van der Waals surface area contributed by atoms with Crippen LogP contribution in [0.4, 0.5) is 0 Å². The molecule has 0 bridgehead atoms. The largest absolute Gasteiger partial charge is 0.487 e. The minimum absolute atomic E-state index is 0.397. The Morgan fingerprint density at radius 1 is 1.41 bits per heavy atom. The number of thiazole rings is 1. The average Bonchev–Trinajstić information content (AvgIpc) is 2.73. The lowest BCUT2D eigenvalue weighted by molar-refractivity contribution is 0.111. The number of carbonyl (C=O) groups excluding carboxylic acids is 1. The zero-order valence-corrected chi connectivity index (χ0v) is 10.6. The highest BCUT2D eigenvalue weighted by Gasteiger charge is 2.05. The summed E-state index contributed by atoms with van der Waals surface area (Å²) >= 11 is 1.59. The lowest BCUT2D eigenvalue weighted by atomic mass is 10.1. The van der Waals surface area contributed by atoms with Gasteiger partial charge in [0.2, 0.25) is 0 Å². The van der Waals surface area contributed by atoms with E-state index in [1.54, 1.807) is 11.3 Å². The summed E-state index contributed by atoms with van der Waals surface area (Å²) in [5.74, 6) is 0.608. The molecule has 0 aliphatic rings. The van der Waals surface area contributed by atoms with Crippen LogP contribution in [0, 0.1) is 13.8 Å². The molecule has 0 unspecified atom stereocenters. The first-order valence-corrected chi connectivity index (χ1v) is 6.16. The second-order valence-electron chi connectivity index (χ2n) is 3.81. The number of rotatable bonds is 4. The van der Waals surface area contributed by atoms with Crippen LogP contribution in [0.5, 0.6) is 5.75 Å². The molecule has 0 aliphatic carbocycles. The Hall–Kier alpha value is -1.68. The highest BCUT2D eigenvalue weighted by Crippen LogP contribution is 2.20. The van der Waals surface area contributed by atoms with Crippen molar-refractivity contribution in [3.63, 3.8) is 0 Å². The van der Waals surface area contributed by atoms with Crippen LogP contribution in [0.1, 0.15) is 26.6 Å². The lowest BCUT2D eigenvalue weighted by Crippen LogP contribution is -1.99. The third-order valence-corrected chi connectivity index (χ3v) is 3.16. The molecule has 88 valence electrons. The quantitative estimate of drug-likeness (QED) is 0.779. The minimum Gasteiger partial charge on any atom is -0.487 e. The number of ether oxygens (including phenoxy) is 1. The van der Waals surface area contributed by atoms with Gasteiger partial charge in [0, 0.05) is 5.38 Å². The number of nitrogens with zero attached hydrogens (tertiary/aromatic N) is 1. The maximum absolute atomic E-state index is 10.9. The molecule has 0 fully saturated rings. The summed E-state index contributed by atoms with van der Waals surface area (Å²) in [5, 5.41) is 2.98. The molecule has 4 heteroatoms. The van der Waals surface area contributed by atoms with Gasteiger partial charge in [0.05, 0.1) is 16.3 Å². The molecule has 1 aromatic heterocycles. The summed E-state index contributed by atoms with van der Waals surface area (Å²) in [6.07, 6.45) is 0.814. The van der Waals surface area contributed by atoms with Crippen LogP contribution in [0.3, 0.4) is 0 Å². The predicted molar refractivity (Wildman–Crippen MR) is 67.7 cm³/mol. The van der Waals surface area contributed by atoms with E-state index in [9.17, 15) is 4.79 Å². The monoisotopic (exact) mass is 247 g/mol. The fourth-order valence-corrected chi connectivity index (χ4v) is 2.11. The van der Waals surface area contributed by atoms with E-state index in [0.29, 0.717) is 17.9 Å². The molecule has 0 amide bonds. The van der Waals surface area contributed by atoms with E-state index in [1.165, 1.54) is 0 Å². The summed E-state index contributed by atoms with van der Waals surface area (Å²) in [5.41, 5.74) is 2.52. The van der Waals surface area contributed by atoms with E-state index < -0.39 is 0 Å². The molecule has 2 rings (SSSR count). The molecule has 0 saturated heterocycles. The molecule has 3 nitrogen and oxygen atoms in total. The van der Waals surface area contributed by atoms with Crippen molar-refractivity contribution in [2.24, 2.45) is 0 Å². The SMILES string of the molecule is Cc1ccc(OCc2csc(C)n2)c(C=O)c1. The number of carbonyl (C=O) groups is 1. The van der Waals surface area contributed by atoms with Crippen LogP contribution >= 0.6 is 11.3 Å². The van der Waals surface area contributed by atoms with Gasteiger partial charge in [-0.25, -0.2) is 4.98 Å². The third kappa shape index (κ3) is 2.91. The van der Waals surface area contributed by atoms with E-state index in [-0.39, 0.29) is 0 Å². The first kappa shape index (κ1) is 11.8. The number of benzene rings is 1. The van der Waals surface area contributed by atoms with E-state index in [2.05, 4.69) is 4.98 Å². The van der Waals surface area contributed by atoms with Gasteiger partial charge in [0.1, 0.15) is 12.4 Å². The van der Waals surface area contributed by atoms with Crippen molar-refractivity contribution in [1.29, 1.82) is 0 Å². The summed E-state index contributed by atoms with van der Waals surface area (Å²) in [6.45, 7) is 4.30. The van der Waals surface area contributed by atoms with Crippen molar-refractivity contribution in [3.05, 3.63) is 45.4 Å². The Morgan fingerprint density at radius 3 is 2.88 bits per heavy atom. The molecular weight excluding hydrogens is 234 g/mol. The number of hydrogen-bond donors (Lipinski definition) is 0. The molecule has 0 atom stereocenters. The summed E-state index contributed by atoms with van der Waals surface area (Å²) in [7, 11) is 0. The molecule has 17 heavy (non-hydrogen) atoms. The number of aldehydes is 1. The topological polar surface area (TPSA) is 39.2 Å². The van der Waals surface area contributed by atoms with Gasteiger partial charge in [-0.2, -0.15) is 0 Å². The van der Waals surface area contributed by atoms with Crippen LogP contribution in [0.25, 0.3) is 0 Å². The Bertz CT molecular complexity index is 534. The highest BCUT2D eigenvalue weighted by molar-refractivity contribution is 7.09. The zero-order valence-electron chi connectivity index (χ0n) is 9.77. The summed E-state index contributed by atoms with van der Waals surface area (Å²) in [6, 6.07) is 5.56. The van der Waals surface area contributed by atoms with Gasteiger partial charge >= 0.3 is 0 Å². The van der Waals surface area contributed by atoms with E-state index in [0.717, 1.165) is 22.6 Å². The number of aryl methyl sites for hydroxylation is 2. The fourth-order valence-electron chi connectivity index (χ4n) is 1.52. The van der Waals surface area contributed by atoms with Gasteiger partial charge < -0.3 is 4.74 Å². The predicted octanol–water partition coefficient (Wildman–Crippen LogP) is 3.15. The van der Waals surface area contributed by atoms with Crippen molar-refractivity contribution >= 4 is 17.6 Å². The Balaban J connectivity index is 2.11. The van der Waals surface area contributed by atoms with Gasteiger partial charge in [0.15, 0.2) is 6.29 Å². The van der Waals surface area contributed by atoms with Crippen molar-refractivity contribution in [3.8, 4) is 5.75 Å². The van der Waals surface area contributed by atoms with E-state index in [4.69, 9.17) is 4.74 Å². The number of hydrogen-bond acceptors (Lipinski definition) is 4. The van der Waals surface area contributed by atoms with Crippen LogP contribution in [0.2, 0.25) is 0 Å². The lowest BCUT2D eigenvalue weighted by Gasteiger charge is -2.07. The Kier molecular flexibility index (Phi) is 3.54. The molecule has 2 aromatic rings. The van der Waals surface area contributed by atoms with Gasteiger partial charge in [-0.15, -0.1) is 11.3 Å². The zero-order chi connectivity index (χ0) is 12.3. The fraction of sp³-hybridized carbons (Fsp3) is 0.231. The standard InChI is InChI=1S/C13H13NO2S/c1-9-3-4-13(11(5-9)6-15)16-7-12-8-17-10(2)14-12/h3-6,8H,7H2,1-2H3. The molecule has 0 spiro atoms. The Morgan fingerprint density at radius 2 is 2.24 bits per heavy atom. The van der Waals surface area contributed by atoms with Crippen LogP contribution in [-0.4, -0.2) is 11.3 Å². The second-order valence-corrected chi connectivity index (χ2v) is 4.87. The van der Waals surface area contributed by atoms with Gasteiger partial charge in [-0.05, 0) is 26.0 Å². The maximum Gasteiger partial charge on any atom is 0.153 e. The van der Waals surface area contributed by atoms with Crippen LogP contribution in [-0.2, 0) is 6.61 Å². The van der Waals surface area contributed by atoms with Crippen LogP contribution < -0.4 is 4.74 Å². The smallest absolute Gasteiger partial charge is 0.153 e. The molecule has 0 aliphatic heterocycles. The van der Waals surface area contributed by atoms with E-state index >= 15 is 0 Å². The molecule has 1 aromatic carbocycles. The first-order valence-electron chi connectivity index (χ1n) is 5.28. The van der Waals surface area contributed by atoms with Gasteiger partial charge in [-0.1, -0.05) is 11.6 Å². The third-order valence-electron chi connectivity index (χ3n) is 2.33. The maximum atomic E-state index is 10.9. The van der Waals surface area contributed by atoms with E-state index in [1.807, 2.05) is 37.4 Å². The second kappa shape index (κ2) is 5.10. The van der Waals surface area contributed by atoms with Crippen molar-refractivity contribution < 1.29 is 9.53 Å². The van der Waals surface area contributed by atoms with Crippen molar-refractivity contribution in [2.45, 2.75) is 20.5 Å². The van der Waals surface area contributed by atoms with Crippen molar-refractivity contribution in [2.75, 3.05) is 0 Å². The molecule has 0 N–H and O–H groups in total. The van der Waals surface area contributed by atoms with Gasteiger partial charge in [-0.3, -0.25) is 4.79 Å². The number of aromatic nitrogens is 1. The average molecular weight is 247 g/mol. The highest BCUT2D eigenvalue weighted by atomic mass is 32.1.